The molecule has 0 saturated heterocycles. The van der Waals surface area contributed by atoms with Crippen molar-refractivity contribution in [3.8, 4) is 11.5 Å². The first-order valence-corrected chi connectivity index (χ1v) is 17.3. The molecule has 0 saturated carbocycles. The molecular weight excluding hydrogens is 760 g/mol. The lowest BCUT2D eigenvalue weighted by Gasteiger charge is -2.23. The molecule has 0 fully saturated rings. The standard InChI is InChI=1S/C20H20F3N3O3.C19H17F3N4O2/c1-2-24-19(29)26(16-6-4-3-5-7-16)13-14-8-10-15(11-9-14)17(27)12-25-18(28)20(21,22)23;1-2-23-18(27)26(15-6-4-3-5-7-15)12-13-8-10-14(11-9-13)16-24-25-17(28-16)19(20,21)22/h3-11H,2,12-13H2,1H3,(H,24,29)(H,25,28);3-11H,2,12H2,1H3,(H,23,27). The third-order valence-corrected chi connectivity index (χ3v) is 7.77. The Morgan fingerprint density at radius 2 is 1.07 bits per heavy atom. The molecule has 0 unspecified atom stereocenters. The summed E-state index contributed by atoms with van der Waals surface area (Å²) >= 11 is 0. The summed E-state index contributed by atoms with van der Waals surface area (Å²) in [7, 11) is 0. The fourth-order valence-electron chi connectivity index (χ4n) is 5.00. The van der Waals surface area contributed by atoms with Crippen LogP contribution in [0.3, 0.4) is 0 Å². The monoisotopic (exact) mass is 797 g/mol. The quantitative estimate of drug-likeness (QED) is 0.0863. The summed E-state index contributed by atoms with van der Waals surface area (Å²) in [5.74, 6) is -4.43. The second-order valence-corrected chi connectivity index (χ2v) is 11.9. The normalized spacial score (nSPS) is 11.1. The van der Waals surface area contributed by atoms with E-state index >= 15 is 0 Å². The van der Waals surface area contributed by atoms with E-state index in [1.165, 1.54) is 17.0 Å². The highest BCUT2D eigenvalue weighted by molar-refractivity contribution is 6.00. The molecule has 18 heteroatoms. The van der Waals surface area contributed by atoms with Crippen LogP contribution in [0.25, 0.3) is 11.5 Å². The van der Waals surface area contributed by atoms with Gasteiger partial charge < -0.3 is 20.4 Å². The summed E-state index contributed by atoms with van der Waals surface area (Å²) in [6.07, 6.45) is -9.72. The summed E-state index contributed by atoms with van der Waals surface area (Å²) in [6.45, 7) is 4.34. The van der Waals surface area contributed by atoms with Crippen LogP contribution in [0.2, 0.25) is 0 Å². The molecule has 1 heterocycles. The van der Waals surface area contributed by atoms with E-state index < -0.39 is 36.5 Å². The Labute approximate surface area is 322 Å². The highest BCUT2D eigenvalue weighted by Gasteiger charge is 2.39. The molecule has 4 aromatic carbocycles. The van der Waals surface area contributed by atoms with E-state index in [-0.39, 0.29) is 36.6 Å². The summed E-state index contributed by atoms with van der Waals surface area (Å²) in [5, 5.41) is 13.5. The molecule has 300 valence electrons. The van der Waals surface area contributed by atoms with E-state index in [9.17, 15) is 45.5 Å². The van der Waals surface area contributed by atoms with Gasteiger partial charge in [-0.1, -0.05) is 72.8 Å². The largest absolute Gasteiger partial charge is 0.471 e. The van der Waals surface area contributed by atoms with Crippen molar-refractivity contribution in [3.05, 3.63) is 132 Å². The van der Waals surface area contributed by atoms with Gasteiger partial charge in [0.25, 0.3) is 0 Å². The molecule has 0 atom stereocenters. The van der Waals surface area contributed by atoms with Crippen LogP contribution < -0.4 is 25.8 Å². The predicted octanol–water partition coefficient (Wildman–Crippen LogP) is 7.78. The number of benzene rings is 4. The lowest BCUT2D eigenvalue weighted by molar-refractivity contribution is -0.173. The smallest absolute Gasteiger partial charge is 0.413 e. The van der Waals surface area contributed by atoms with Crippen LogP contribution in [0.1, 0.15) is 41.2 Å². The lowest BCUT2D eigenvalue weighted by Crippen LogP contribution is -2.39. The maximum Gasteiger partial charge on any atom is 0.471 e. The van der Waals surface area contributed by atoms with Gasteiger partial charge in [0.1, 0.15) is 0 Å². The minimum Gasteiger partial charge on any atom is -0.413 e. The molecule has 57 heavy (non-hydrogen) atoms. The molecule has 0 aliphatic heterocycles. The number of anilines is 2. The number of alkyl halides is 6. The van der Waals surface area contributed by atoms with Gasteiger partial charge in [0, 0.05) is 35.6 Å². The van der Waals surface area contributed by atoms with E-state index in [0.29, 0.717) is 24.3 Å². The van der Waals surface area contributed by atoms with Crippen molar-refractivity contribution in [3.63, 3.8) is 0 Å². The number of nitrogens with one attached hydrogen (secondary N) is 3. The first kappa shape index (κ1) is 43.0. The van der Waals surface area contributed by atoms with Crippen molar-refractivity contribution >= 4 is 35.1 Å². The molecule has 5 amide bonds. The molecule has 0 spiro atoms. The van der Waals surface area contributed by atoms with E-state index in [1.54, 1.807) is 77.8 Å². The van der Waals surface area contributed by atoms with Crippen molar-refractivity contribution in [2.75, 3.05) is 29.4 Å². The molecule has 5 aromatic rings. The number of rotatable bonds is 12. The van der Waals surface area contributed by atoms with Crippen molar-refractivity contribution in [1.82, 2.24) is 26.1 Å². The molecular formula is C39H37F6N7O5. The van der Waals surface area contributed by atoms with Crippen LogP contribution in [0, 0.1) is 0 Å². The van der Waals surface area contributed by atoms with E-state index in [0.717, 1.165) is 16.8 Å². The van der Waals surface area contributed by atoms with Gasteiger partial charge in [-0.25, -0.2) is 9.59 Å². The Morgan fingerprint density at radius 3 is 1.47 bits per heavy atom. The third kappa shape index (κ3) is 12.7. The molecule has 0 bridgehead atoms. The topological polar surface area (TPSA) is 150 Å². The van der Waals surface area contributed by atoms with Gasteiger partial charge >= 0.3 is 36.2 Å². The van der Waals surface area contributed by atoms with Crippen LogP contribution in [-0.2, 0) is 24.1 Å². The Hall–Kier alpha value is -6.72. The zero-order valence-corrected chi connectivity index (χ0v) is 30.5. The number of aromatic nitrogens is 2. The number of Topliss-reactive ketones (excluding diaryl/α,β-unsaturated/α-hetero) is 1. The minimum absolute atomic E-state index is 0.153. The Bertz CT molecular complexity index is 2080. The number of amides is 5. The number of carbonyl (C=O) groups is 4. The average Bonchev–Trinajstić information content (AvgIpc) is 3.71. The van der Waals surface area contributed by atoms with E-state index in [1.807, 2.05) is 43.3 Å². The van der Waals surface area contributed by atoms with Crippen molar-refractivity contribution in [2.45, 2.75) is 39.3 Å². The second kappa shape index (κ2) is 19.7. The SMILES string of the molecule is CCNC(=O)N(Cc1ccc(-c2nnc(C(F)(F)F)o2)cc1)c1ccccc1.CCNC(=O)N(Cc1ccc(C(=O)CNC(=O)C(F)(F)F)cc1)c1ccccc1. The van der Waals surface area contributed by atoms with Gasteiger partial charge in [0.05, 0.1) is 19.6 Å². The lowest BCUT2D eigenvalue weighted by atomic mass is 10.1. The van der Waals surface area contributed by atoms with Crippen LogP contribution in [-0.4, -0.2) is 59.8 Å². The average molecular weight is 798 g/mol. The van der Waals surface area contributed by atoms with Crippen molar-refractivity contribution < 1.29 is 49.9 Å². The zero-order valence-electron chi connectivity index (χ0n) is 30.5. The number of halogens is 6. The van der Waals surface area contributed by atoms with Crippen molar-refractivity contribution in [1.29, 1.82) is 0 Å². The molecule has 12 nitrogen and oxygen atoms in total. The van der Waals surface area contributed by atoms with E-state index in [4.69, 9.17) is 0 Å². The zero-order chi connectivity index (χ0) is 41.6. The van der Waals surface area contributed by atoms with Crippen LogP contribution >= 0.6 is 0 Å². The van der Waals surface area contributed by atoms with Gasteiger partial charge in [-0.2, -0.15) is 26.3 Å². The fourth-order valence-corrected chi connectivity index (χ4v) is 5.00. The number of hydrogen-bond acceptors (Lipinski definition) is 7. The van der Waals surface area contributed by atoms with Crippen LogP contribution in [0.4, 0.5) is 47.3 Å². The highest BCUT2D eigenvalue weighted by atomic mass is 19.4. The summed E-state index contributed by atoms with van der Waals surface area (Å²) in [5.41, 5.74) is 3.43. The molecule has 0 aliphatic carbocycles. The Morgan fingerprint density at radius 1 is 0.614 bits per heavy atom. The Balaban J connectivity index is 0.000000253. The number of para-hydroxylation sites is 2. The van der Waals surface area contributed by atoms with E-state index in [2.05, 4.69) is 25.2 Å². The fraction of sp³-hybridized carbons (Fsp3) is 0.231. The maximum absolute atomic E-state index is 12.6. The van der Waals surface area contributed by atoms with Gasteiger partial charge in [-0.3, -0.25) is 19.4 Å². The van der Waals surface area contributed by atoms with Gasteiger partial charge in [-0.15, -0.1) is 10.2 Å². The summed E-state index contributed by atoms with van der Waals surface area (Å²) in [4.78, 5) is 50.7. The maximum atomic E-state index is 12.6. The first-order valence-electron chi connectivity index (χ1n) is 17.3. The van der Waals surface area contributed by atoms with Gasteiger partial charge in [0.2, 0.25) is 5.89 Å². The van der Waals surface area contributed by atoms with Crippen molar-refractivity contribution in [2.24, 2.45) is 0 Å². The summed E-state index contributed by atoms with van der Waals surface area (Å²) in [6, 6.07) is 30.3. The number of carbonyl (C=O) groups excluding carboxylic acids is 4. The summed E-state index contributed by atoms with van der Waals surface area (Å²) < 4.78 is 79.0. The highest BCUT2D eigenvalue weighted by Crippen LogP contribution is 2.30. The molecule has 5 rings (SSSR count). The molecule has 0 radical (unpaired) electrons. The molecule has 3 N–H and O–H groups in total. The molecule has 1 aromatic heterocycles. The minimum atomic E-state index is -5.04. The Kier molecular flexibility index (Phi) is 14.9. The number of hydrogen-bond donors (Lipinski definition) is 3. The first-order chi connectivity index (χ1) is 27.1. The third-order valence-electron chi connectivity index (χ3n) is 7.77. The number of urea groups is 2. The van der Waals surface area contributed by atoms with Crippen LogP contribution in [0.15, 0.2) is 114 Å². The van der Waals surface area contributed by atoms with Gasteiger partial charge in [0.15, 0.2) is 5.78 Å². The van der Waals surface area contributed by atoms with Crippen LogP contribution in [0.5, 0.6) is 0 Å². The number of ketones is 1. The second-order valence-electron chi connectivity index (χ2n) is 11.9. The molecule has 0 aliphatic rings. The van der Waals surface area contributed by atoms with Gasteiger partial charge in [-0.05, 0) is 61.4 Å². The number of nitrogens with zero attached hydrogens (tertiary/aromatic N) is 4. The predicted molar refractivity (Wildman–Crippen MR) is 198 cm³/mol.